The highest BCUT2D eigenvalue weighted by Crippen LogP contribution is 2.31. The van der Waals surface area contributed by atoms with Gasteiger partial charge in [-0.3, -0.25) is 4.72 Å². The summed E-state index contributed by atoms with van der Waals surface area (Å²) in [5, 5.41) is 8.67. The molecular weight excluding hydrogens is 322 g/mol. The lowest BCUT2D eigenvalue weighted by atomic mass is 10.3. The highest BCUT2D eigenvalue weighted by Gasteiger charge is 2.15. The number of aliphatic carboxylic acids is 1. The number of hydrogen-bond acceptors (Lipinski definition) is 5. The van der Waals surface area contributed by atoms with E-state index in [9.17, 15) is 13.2 Å². The minimum absolute atomic E-state index is 0.115. The summed E-state index contributed by atoms with van der Waals surface area (Å²) in [5.74, 6) is -0.723. The third-order valence-electron chi connectivity index (χ3n) is 2.82. The Morgan fingerprint density at radius 1 is 1.13 bits per heavy atom. The Hall–Kier alpha value is -2.74. The van der Waals surface area contributed by atoms with Crippen molar-refractivity contribution < 1.29 is 27.8 Å². The average Bonchev–Trinajstić information content (AvgIpc) is 2.53. The van der Waals surface area contributed by atoms with E-state index in [0.717, 1.165) is 0 Å². The van der Waals surface area contributed by atoms with Crippen LogP contribution in [-0.2, 0) is 14.8 Å². The fourth-order valence-electron chi connectivity index (χ4n) is 1.81. The maximum atomic E-state index is 12.3. The number of anilines is 1. The van der Waals surface area contributed by atoms with Gasteiger partial charge in [0.05, 0.1) is 17.7 Å². The van der Waals surface area contributed by atoms with Crippen LogP contribution in [0.3, 0.4) is 0 Å². The minimum Gasteiger partial charge on any atom is -0.493 e. The normalized spacial score (nSPS) is 10.8. The molecule has 0 saturated heterocycles. The van der Waals surface area contributed by atoms with Gasteiger partial charge in [0.2, 0.25) is 0 Å². The number of carboxylic acid groups (broad SMARTS) is 1. The molecule has 0 radical (unpaired) electrons. The monoisotopic (exact) mass is 337 g/mol. The summed E-state index contributed by atoms with van der Waals surface area (Å²) in [7, 11) is -2.34. The fourth-order valence-corrected chi connectivity index (χ4v) is 2.88. The van der Waals surface area contributed by atoms with E-state index in [-0.39, 0.29) is 16.3 Å². The molecule has 0 aliphatic heterocycles. The first-order valence-corrected chi connectivity index (χ1v) is 8.01. The summed E-state index contributed by atoms with van der Waals surface area (Å²) < 4.78 is 37.1. The quantitative estimate of drug-likeness (QED) is 0.801. The van der Waals surface area contributed by atoms with Crippen LogP contribution in [0, 0.1) is 0 Å². The predicted molar refractivity (Wildman–Crippen MR) is 83.4 cm³/mol. The second-order valence-electron chi connectivity index (χ2n) is 4.47. The maximum Gasteiger partial charge on any atom is 0.341 e. The van der Waals surface area contributed by atoms with Crippen molar-refractivity contribution in [3.8, 4) is 11.5 Å². The number of ether oxygens (including phenoxy) is 2. The molecule has 0 aliphatic carbocycles. The Balaban J connectivity index is 2.26. The van der Waals surface area contributed by atoms with Crippen LogP contribution in [0.25, 0.3) is 0 Å². The van der Waals surface area contributed by atoms with Crippen molar-refractivity contribution in [1.29, 1.82) is 0 Å². The van der Waals surface area contributed by atoms with Crippen molar-refractivity contribution in [1.82, 2.24) is 0 Å². The van der Waals surface area contributed by atoms with E-state index in [2.05, 4.69) is 4.72 Å². The molecule has 0 aromatic heterocycles. The van der Waals surface area contributed by atoms with Gasteiger partial charge in [0, 0.05) is 6.07 Å². The molecule has 0 fully saturated rings. The smallest absolute Gasteiger partial charge is 0.341 e. The standard InChI is InChI=1S/C15H15NO6S/c1-21-13-8-7-11(9-14(13)22-10-15(17)18)16-23(19,20)12-5-3-2-4-6-12/h2-9,16H,10H2,1H3,(H,17,18). The van der Waals surface area contributed by atoms with Gasteiger partial charge in [0.25, 0.3) is 10.0 Å². The molecule has 0 atom stereocenters. The van der Waals surface area contributed by atoms with Gasteiger partial charge in [-0.25, -0.2) is 13.2 Å². The molecule has 0 aliphatic rings. The molecule has 0 saturated carbocycles. The lowest BCUT2D eigenvalue weighted by molar-refractivity contribution is -0.139. The van der Waals surface area contributed by atoms with Crippen molar-refractivity contribution >= 4 is 21.7 Å². The summed E-state index contributed by atoms with van der Waals surface area (Å²) in [6.45, 7) is -0.564. The molecular formula is C15H15NO6S. The maximum absolute atomic E-state index is 12.3. The Morgan fingerprint density at radius 3 is 2.43 bits per heavy atom. The number of methoxy groups -OCH3 is 1. The Morgan fingerprint density at radius 2 is 1.83 bits per heavy atom. The van der Waals surface area contributed by atoms with Gasteiger partial charge in [-0.15, -0.1) is 0 Å². The van der Waals surface area contributed by atoms with Crippen LogP contribution in [0.1, 0.15) is 0 Å². The number of carbonyl (C=O) groups is 1. The molecule has 2 aromatic carbocycles. The van der Waals surface area contributed by atoms with Gasteiger partial charge in [0.15, 0.2) is 18.1 Å². The fraction of sp³-hybridized carbons (Fsp3) is 0.133. The summed E-state index contributed by atoms with van der Waals surface area (Å²) in [5.41, 5.74) is 0.232. The molecule has 23 heavy (non-hydrogen) atoms. The number of carboxylic acids is 1. The largest absolute Gasteiger partial charge is 0.493 e. The Kier molecular flexibility index (Phi) is 5.07. The molecule has 2 rings (SSSR count). The zero-order valence-corrected chi connectivity index (χ0v) is 13.0. The number of benzene rings is 2. The van der Waals surface area contributed by atoms with Gasteiger partial charge in [-0.2, -0.15) is 0 Å². The zero-order valence-electron chi connectivity index (χ0n) is 12.2. The van der Waals surface area contributed by atoms with Gasteiger partial charge < -0.3 is 14.6 Å². The highest BCUT2D eigenvalue weighted by atomic mass is 32.2. The third-order valence-corrected chi connectivity index (χ3v) is 4.22. The first kappa shape index (κ1) is 16.6. The Labute approximate surface area is 133 Å². The molecule has 0 spiro atoms. The summed E-state index contributed by atoms with van der Waals surface area (Å²) >= 11 is 0. The van der Waals surface area contributed by atoms with Crippen molar-refractivity contribution in [2.75, 3.05) is 18.4 Å². The number of hydrogen-bond donors (Lipinski definition) is 2. The van der Waals surface area contributed by atoms with Crippen LogP contribution in [0.2, 0.25) is 0 Å². The molecule has 8 heteroatoms. The van der Waals surface area contributed by atoms with Crippen molar-refractivity contribution in [2.45, 2.75) is 4.90 Å². The highest BCUT2D eigenvalue weighted by molar-refractivity contribution is 7.92. The van der Waals surface area contributed by atoms with Gasteiger partial charge in [-0.05, 0) is 24.3 Å². The van der Waals surface area contributed by atoms with Crippen molar-refractivity contribution in [3.05, 3.63) is 48.5 Å². The van der Waals surface area contributed by atoms with Gasteiger partial charge >= 0.3 is 5.97 Å². The second kappa shape index (κ2) is 7.01. The molecule has 7 nitrogen and oxygen atoms in total. The summed E-state index contributed by atoms with van der Waals surface area (Å²) in [6, 6.07) is 12.2. The SMILES string of the molecule is COc1ccc(NS(=O)(=O)c2ccccc2)cc1OCC(=O)O. The summed E-state index contributed by atoms with van der Waals surface area (Å²) in [6.07, 6.45) is 0. The molecule has 2 N–H and O–H groups in total. The van der Waals surface area contributed by atoms with Crippen molar-refractivity contribution in [3.63, 3.8) is 0 Å². The number of nitrogens with one attached hydrogen (secondary N) is 1. The zero-order chi connectivity index (χ0) is 16.9. The predicted octanol–water partition coefficient (Wildman–Crippen LogP) is 1.96. The van der Waals surface area contributed by atoms with E-state index in [1.807, 2.05) is 0 Å². The minimum atomic E-state index is -3.74. The van der Waals surface area contributed by atoms with Gasteiger partial charge in [-0.1, -0.05) is 18.2 Å². The van der Waals surface area contributed by atoms with E-state index >= 15 is 0 Å². The molecule has 0 heterocycles. The van der Waals surface area contributed by atoms with Crippen LogP contribution in [0.4, 0.5) is 5.69 Å². The molecule has 0 unspecified atom stereocenters. The topological polar surface area (TPSA) is 102 Å². The van der Waals surface area contributed by atoms with Crippen LogP contribution in [-0.4, -0.2) is 33.2 Å². The second-order valence-corrected chi connectivity index (χ2v) is 6.15. The third kappa shape index (κ3) is 4.36. The first-order valence-electron chi connectivity index (χ1n) is 6.53. The average molecular weight is 337 g/mol. The summed E-state index contributed by atoms with van der Waals surface area (Å²) in [4.78, 5) is 10.7. The van der Waals surface area contributed by atoms with Crippen LogP contribution in [0.5, 0.6) is 11.5 Å². The lowest BCUT2D eigenvalue weighted by Crippen LogP contribution is -2.13. The van der Waals surface area contributed by atoms with E-state index in [4.69, 9.17) is 14.6 Å². The molecule has 0 amide bonds. The van der Waals surface area contributed by atoms with E-state index < -0.39 is 22.6 Å². The lowest BCUT2D eigenvalue weighted by Gasteiger charge is -2.12. The van der Waals surface area contributed by atoms with E-state index in [1.165, 1.54) is 37.4 Å². The molecule has 122 valence electrons. The van der Waals surface area contributed by atoms with E-state index in [1.54, 1.807) is 18.2 Å². The van der Waals surface area contributed by atoms with Gasteiger partial charge in [0.1, 0.15) is 0 Å². The number of sulfonamides is 1. The van der Waals surface area contributed by atoms with Crippen LogP contribution in [0.15, 0.2) is 53.4 Å². The van der Waals surface area contributed by atoms with E-state index in [0.29, 0.717) is 5.75 Å². The van der Waals surface area contributed by atoms with Crippen LogP contribution >= 0.6 is 0 Å². The number of rotatable bonds is 7. The molecule has 0 bridgehead atoms. The van der Waals surface area contributed by atoms with Crippen LogP contribution < -0.4 is 14.2 Å². The molecule has 2 aromatic rings. The van der Waals surface area contributed by atoms with Crippen molar-refractivity contribution in [2.24, 2.45) is 0 Å². The Bertz CT molecular complexity index is 789. The first-order chi connectivity index (χ1) is 10.9.